The molecule has 3 nitrogen and oxygen atoms in total. The third-order valence-corrected chi connectivity index (χ3v) is 3.22. The number of hydrogen-bond donors (Lipinski definition) is 1. The molecule has 0 aliphatic rings. The molecule has 2 rings (SSSR count). The van der Waals surface area contributed by atoms with Crippen LogP contribution < -0.4 is 0 Å². The van der Waals surface area contributed by atoms with E-state index >= 15 is 0 Å². The maximum atomic E-state index is 10.1. The van der Waals surface area contributed by atoms with Crippen LogP contribution in [-0.4, -0.2) is 14.9 Å². The van der Waals surface area contributed by atoms with E-state index in [9.17, 15) is 5.11 Å². The number of halogens is 1. The average molecular weight is 314 g/mol. The van der Waals surface area contributed by atoms with Crippen molar-refractivity contribution in [3.8, 4) is 0 Å². The molecule has 0 saturated heterocycles. The zero-order chi connectivity index (χ0) is 10.8. The Balaban J connectivity index is 2.36. The Morgan fingerprint density at radius 2 is 2.13 bits per heavy atom. The van der Waals surface area contributed by atoms with Gasteiger partial charge in [0.15, 0.2) is 0 Å². The second-order valence-electron chi connectivity index (χ2n) is 3.37. The molecule has 0 fully saturated rings. The lowest BCUT2D eigenvalue weighted by molar-refractivity contribution is 0.219. The van der Waals surface area contributed by atoms with Gasteiger partial charge in [-0.25, -0.2) is 0 Å². The minimum absolute atomic E-state index is 0.591. The van der Waals surface area contributed by atoms with Crippen molar-refractivity contribution < 1.29 is 5.11 Å². The fourth-order valence-electron chi connectivity index (χ4n) is 1.46. The lowest BCUT2D eigenvalue weighted by Gasteiger charge is -2.10. The first-order valence-electron chi connectivity index (χ1n) is 4.59. The predicted octanol–water partition coefficient (Wildman–Crippen LogP) is 2.11. The summed E-state index contributed by atoms with van der Waals surface area (Å²) in [6.45, 7) is 0. The number of hydrogen-bond acceptors (Lipinski definition) is 2. The minimum Gasteiger partial charge on any atom is -0.384 e. The van der Waals surface area contributed by atoms with E-state index in [0.29, 0.717) is 0 Å². The molecule has 1 heterocycles. The highest BCUT2D eigenvalue weighted by atomic mass is 127. The van der Waals surface area contributed by atoms with Gasteiger partial charge in [-0.1, -0.05) is 18.2 Å². The van der Waals surface area contributed by atoms with Crippen LogP contribution in [0.5, 0.6) is 0 Å². The zero-order valence-corrected chi connectivity index (χ0v) is 10.4. The third kappa shape index (κ3) is 2.21. The van der Waals surface area contributed by atoms with Crippen molar-refractivity contribution in [2.75, 3.05) is 0 Å². The Morgan fingerprint density at radius 3 is 2.73 bits per heavy atom. The summed E-state index contributed by atoms with van der Waals surface area (Å²) in [7, 11) is 1.84. The van der Waals surface area contributed by atoms with Gasteiger partial charge in [-0.15, -0.1) is 0 Å². The van der Waals surface area contributed by atoms with Gasteiger partial charge in [0, 0.05) is 22.4 Å². The van der Waals surface area contributed by atoms with Crippen molar-refractivity contribution in [1.82, 2.24) is 9.78 Å². The van der Waals surface area contributed by atoms with Gasteiger partial charge in [-0.05, 0) is 34.2 Å². The molecule has 0 aliphatic heterocycles. The summed E-state index contributed by atoms with van der Waals surface area (Å²) in [6.07, 6.45) is 2.92. The molecular weight excluding hydrogens is 303 g/mol. The van der Waals surface area contributed by atoms with Gasteiger partial charge in [0.05, 0.1) is 6.20 Å². The minimum atomic E-state index is -0.591. The highest BCUT2D eigenvalue weighted by Gasteiger charge is 2.14. The van der Waals surface area contributed by atoms with Gasteiger partial charge in [0.2, 0.25) is 0 Å². The summed E-state index contributed by atoms with van der Waals surface area (Å²) in [6, 6.07) is 7.80. The second-order valence-corrected chi connectivity index (χ2v) is 4.53. The maximum absolute atomic E-state index is 10.1. The van der Waals surface area contributed by atoms with Crippen molar-refractivity contribution in [2.45, 2.75) is 6.10 Å². The van der Waals surface area contributed by atoms with Crippen molar-refractivity contribution in [2.24, 2.45) is 7.05 Å². The molecule has 15 heavy (non-hydrogen) atoms. The van der Waals surface area contributed by atoms with E-state index in [1.165, 1.54) is 0 Å². The van der Waals surface area contributed by atoms with Crippen LogP contribution >= 0.6 is 22.6 Å². The number of aryl methyl sites for hydroxylation is 1. The molecule has 0 saturated carbocycles. The topological polar surface area (TPSA) is 38.0 Å². The molecule has 0 aliphatic carbocycles. The first kappa shape index (κ1) is 10.6. The molecule has 1 aromatic heterocycles. The Morgan fingerprint density at radius 1 is 1.40 bits per heavy atom. The van der Waals surface area contributed by atoms with Gasteiger partial charge < -0.3 is 5.11 Å². The fraction of sp³-hybridized carbons (Fsp3) is 0.182. The molecule has 1 atom stereocenters. The van der Waals surface area contributed by atoms with Crippen LogP contribution in [0.25, 0.3) is 0 Å². The molecule has 0 bridgehead atoms. The zero-order valence-electron chi connectivity index (χ0n) is 8.26. The van der Waals surface area contributed by atoms with Crippen LogP contribution in [0.1, 0.15) is 17.2 Å². The van der Waals surface area contributed by atoms with Gasteiger partial charge in [0.25, 0.3) is 0 Å². The molecular formula is C11H11IN2O. The lowest BCUT2D eigenvalue weighted by Crippen LogP contribution is -2.00. The fourth-order valence-corrected chi connectivity index (χ4v) is 2.14. The smallest absolute Gasteiger partial charge is 0.108 e. The number of aliphatic hydroxyl groups excluding tert-OH is 1. The summed E-state index contributed by atoms with van der Waals surface area (Å²) in [5, 5.41) is 14.2. The number of aliphatic hydroxyl groups is 1. The first-order chi connectivity index (χ1) is 7.18. The summed E-state index contributed by atoms with van der Waals surface area (Å²) in [4.78, 5) is 0. The molecule has 2 aromatic rings. The van der Waals surface area contributed by atoms with Crippen LogP contribution in [0.15, 0.2) is 36.7 Å². The van der Waals surface area contributed by atoms with E-state index in [4.69, 9.17) is 0 Å². The molecule has 0 spiro atoms. The highest BCUT2D eigenvalue weighted by Crippen LogP contribution is 2.25. The van der Waals surface area contributed by atoms with E-state index in [-0.39, 0.29) is 0 Å². The number of rotatable bonds is 2. The van der Waals surface area contributed by atoms with Crippen LogP contribution in [0.3, 0.4) is 0 Å². The van der Waals surface area contributed by atoms with Gasteiger partial charge in [-0.2, -0.15) is 5.10 Å². The van der Waals surface area contributed by atoms with Crippen molar-refractivity contribution in [3.63, 3.8) is 0 Å². The van der Waals surface area contributed by atoms with Crippen molar-refractivity contribution >= 4 is 22.6 Å². The van der Waals surface area contributed by atoms with E-state index in [2.05, 4.69) is 27.7 Å². The Labute approximate surface area is 102 Å². The van der Waals surface area contributed by atoms with Crippen LogP contribution in [0.2, 0.25) is 0 Å². The maximum Gasteiger partial charge on any atom is 0.108 e. The van der Waals surface area contributed by atoms with Crippen molar-refractivity contribution in [1.29, 1.82) is 0 Å². The molecule has 78 valence electrons. The molecule has 1 N–H and O–H groups in total. The first-order valence-corrected chi connectivity index (χ1v) is 5.67. The van der Waals surface area contributed by atoms with Crippen LogP contribution in [-0.2, 0) is 7.05 Å². The van der Waals surface area contributed by atoms with E-state index in [0.717, 1.165) is 14.7 Å². The normalized spacial score (nSPS) is 12.7. The largest absolute Gasteiger partial charge is 0.384 e. The second kappa shape index (κ2) is 4.32. The lowest BCUT2D eigenvalue weighted by atomic mass is 10.1. The molecule has 0 radical (unpaired) electrons. The number of benzene rings is 1. The van der Waals surface area contributed by atoms with Gasteiger partial charge >= 0.3 is 0 Å². The van der Waals surface area contributed by atoms with Gasteiger partial charge in [-0.3, -0.25) is 4.68 Å². The monoisotopic (exact) mass is 314 g/mol. The highest BCUT2D eigenvalue weighted by molar-refractivity contribution is 14.1. The summed E-state index contributed by atoms with van der Waals surface area (Å²) < 4.78 is 2.75. The summed E-state index contributed by atoms with van der Waals surface area (Å²) in [5.41, 5.74) is 1.74. The molecule has 4 heteroatoms. The number of nitrogens with zero attached hydrogens (tertiary/aromatic N) is 2. The number of aromatic nitrogens is 2. The average Bonchev–Trinajstić information content (AvgIpc) is 2.65. The van der Waals surface area contributed by atoms with Gasteiger partial charge in [0.1, 0.15) is 6.10 Å². The summed E-state index contributed by atoms with van der Waals surface area (Å²) in [5.74, 6) is 0. The third-order valence-electron chi connectivity index (χ3n) is 2.24. The standard InChI is InChI=1S/C11H11IN2O/c1-14-7-8(6-13-14)11(15)9-4-2-3-5-10(9)12/h2-7,11,15H,1H3. The molecule has 1 aromatic carbocycles. The molecule has 0 amide bonds. The van der Waals surface area contributed by atoms with Crippen LogP contribution in [0.4, 0.5) is 0 Å². The SMILES string of the molecule is Cn1cc(C(O)c2ccccc2I)cn1. The van der Waals surface area contributed by atoms with E-state index in [1.807, 2.05) is 37.5 Å². The summed E-state index contributed by atoms with van der Waals surface area (Å²) >= 11 is 2.22. The predicted molar refractivity (Wildman–Crippen MR) is 66.4 cm³/mol. The quantitative estimate of drug-likeness (QED) is 0.862. The Hall–Kier alpha value is -0.880. The van der Waals surface area contributed by atoms with E-state index in [1.54, 1.807) is 10.9 Å². The molecule has 1 unspecified atom stereocenters. The van der Waals surface area contributed by atoms with E-state index < -0.39 is 6.10 Å². The van der Waals surface area contributed by atoms with Crippen molar-refractivity contribution in [3.05, 3.63) is 51.4 Å². The van der Waals surface area contributed by atoms with Crippen LogP contribution in [0, 0.1) is 3.57 Å². The Kier molecular flexibility index (Phi) is 3.06. The Bertz CT molecular complexity index is 467.